The number of para-hydroxylation sites is 2. The van der Waals surface area contributed by atoms with Crippen molar-refractivity contribution in [3.05, 3.63) is 59.6 Å². The second-order valence-corrected chi connectivity index (χ2v) is 10.2. The van der Waals surface area contributed by atoms with E-state index in [2.05, 4.69) is 10.6 Å². The Balaban J connectivity index is 1.53. The van der Waals surface area contributed by atoms with Gasteiger partial charge in [-0.1, -0.05) is 48.9 Å². The summed E-state index contributed by atoms with van der Waals surface area (Å²) in [5, 5.41) is 15.8. The first-order valence-electron chi connectivity index (χ1n) is 11.8. The van der Waals surface area contributed by atoms with E-state index in [0.717, 1.165) is 0 Å². The van der Waals surface area contributed by atoms with Crippen molar-refractivity contribution in [2.45, 2.75) is 37.5 Å². The molecule has 0 aliphatic carbocycles. The van der Waals surface area contributed by atoms with Gasteiger partial charge >= 0.3 is 0 Å². The minimum atomic E-state index is -1.19. The number of β-amino-alcohol motifs (C(OH)–C–C–N with tert-alkyl or cyclic N) is 1. The van der Waals surface area contributed by atoms with E-state index in [1.807, 2.05) is 32.0 Å². The van der Waals surface area contributed by atoms with E-state index >= 15 is 0 Å². The highest BCUT2D eigenvalue weighted by Crippen LogP contribution is 2.65. The molecule has 3 saturated heterocycles. The Morgan fingerprint density at radius 3 is 2.49 bits per heavy atom. The summed E-state index contributed by atoms with van der Waals surface area (Å²) in [4.78, 5) is 42.4. The van der Waals surface area contributed by atoms with Gasteiger partial charge in [-0.2, -0.15) is 0 Å². The second kappa shape index (κ2) is 8.62. The quantitative estimate of drug-likeness (QED) is 0.568. The first-order chi connectivity index (χ1) is 16.7. The SMILES string of the molecule is CC1CC23O[C@]1(C)[C@@H](C(=O)Nc1ccccc1)[C@H]2C(=O)N(CCO)C3C(=O)Nc1ccccc1Cl. The molecule has 3 aliphatic heterocycles. The minimum absolute atomic E-state index is 0.0425. The maximum atomic E-state index is 13.8. The number of hydrogen-bond acceptors (Lipinski definition) is 5. The molecule has 5 rings (SSSR count). The molecule has 2 aromatic carbocycles. The normalized spacial score (nSPS) is 33.0. The zero-order valence-electron chi connectivity index (χ0n) is 19.5. The van der Waals surface area contributed by atoms with E-state index in [1.54, 1.807) is 36.4 Å². The van der Waals surface area contributed by atoms with Crippen LogP contribution in [0.2, 0.25) is 5.02 Å². The summed E-state index contributed by atoms with van der Waals surface area (Å²) in [7, 11) is 0. The van der Waals surface area contributed by atoms with Crippen LogP contribution in [0.15, 0.2) is 54.6 Å². The van der Waals surface area contributed by atoms with E-state index in [4.69, 9.17) is 16.3 Å². The number of likely N-dealkylation sites (tertiary alicyclic amines) is 1. The largest absolute Gasteiger partial charge is 0.395 e. The fourth-order valence-corrected chi connectivity index (χ4v) is 6.48. The lowest BCUT2D eigenvalue weighted by Crippen LogP contribution is -2.54. The van der Waals surface area contributed by atoms with Gasteiger partial charge in [0, 0.05) is 12.2 Å². The number of amides is 3. The molecule has 9 heteroatoms. The Hall–Kier alpha value is -2.94. The van der Waals surface area contributed by atoms with Crippen molar-refractivity contribution in [2.75, 3.05) is 23.8 Å². The van der Waals surface area contributed by atoms with Gasteiger partial charge in [0.2, 0.25) is 17.7 Å². The van der Waals surface area contributed by atoms with Crippen LogP contribution in [-0.2, 0) is 19.1 Å². The van der Waals surface area contributed by atoms with Crippen molar-refractivity contribution in [3.8, 4) is 0 Å². The monoisotopic (exact) mass is 497 g/mol. The van der Waals surface area contributed by atoms with Gasteiger partial charge in [0.25, 0.3) is 0 Å². The van der Waals surface area contributed by atoms with Crippen molar-refractivity contribution in [2.24, 2.45) is 17.8 Å². The predicted molar refractivity (Wildman–Crippen MR) is 131 cm³/mol. The van der Waals surface area contributed by atoms with Crippen molar-refractivity contribution in [3.63, 3.8) is 0 Å². The predicted octanol–water partition coefficient (Wildman–Crippen LogP) is 2.92. The van der Waals surface area contributed by atoms with Gasteiger partial charge in [0.15, 0.2) is 0 Å². The lowest BCUT2D eigenvalue weighted by molar-refractivity contribution is -0.144. The molecule has 184 valence electrons. The molecule has 35 heavy (non-hydrogen) atoms. The third kappa shape index (κ3) is 3.54. The van der Waals surface area contributed by atoms with Crippen LogP contribution in [0.4, 0.5) is 11.4 Å². The van der Waals surface area contributed by atoms with Gasteiger partial charge in [-0.3, -0.25) is 14.4 Å². The number of fused-ring (bicyclic) bond motifs is 1. The number of carbonyl (C=O) groups is 3. The number of hydrogen-bond donors (Lipinski definition) is 3. The highest BCUT2D eigenvalue weighted by atomic mass is 35.5. The Morgan fingerprint density at radius 2 is 1.80 bits per heavy atom. The van der Waals surface area contributed by atoms with Crippen LogP contribution >= 0.6 is 11.6 Å². The number of aliphatic hydroxyl groups is 1. The number of rotatable bonds is 6. The van der Waals surface area contributed by atoms with Crippen LogP contribution in [0.5, 0.6) is 0 Å². The minimum Gasteiger partial charge on any atom is -0.395 e. The van der Waals surface area contributed by atoms with Crippen LogP contribution in [0.25, 0.3) is 0 Å². The van der Waals surface area contributed by atoms with Gasteiger partial charge in [0.1, 0.15) is 11.6 Å². The van der Waals surface area contributed by atoms with Gasteiger partial charge in [-0.05, 0) is 43.5 Å². The highest BCUT2D eigenvalue weighted by molar-refractivity contribution is 6.33. The number of ether oxygens (including phenoxy) is 1. The smallest absolute Gasteiger partial charge is 0.250 e. The molecule has 1 spiro atoms. The molecule has 3 N–H and O–H groups in total. The molecule has 2 aromatic rings. The molecule has 3 aliphatic rings. The summed E-state index contributed by atoms with van der Waals surface area (Å²) < 4.78 is 6.60. The zero-order valence-corrected chi connectivity index (χ0v) is 20.3. The Bertz CT molecular complexity index is 1180. The first-order valence-corrected chi connectivity index (χ1v) is 12.1. The Morgan fingerprint density at radius 1 is 1.11 bits per heavy atom. The highest BCUT2D eigenvalue weighted by Gasteiger charge is 2.79. The topological polar surface area (TPSA) is 108 Å². The average Bonchev–Trinajstić information content (AvgIpc) is 3.33. The van der Waals surface area contributed by atoms with Gasteiger partial charge in [-0.15, -0.1) is 0 Å². The lowest BCUT2D eigenvalue weighted by Gasteiger charge is -2.36. The maximum absolute atomic E-state index is 13.8. The van der Waals surface area contributed by atoms with Gasteiger partial charge in [-0.25, -0.2) is 0 Å². The summed E-state index contributed by atoms with van der Waals surface area (Å²) in [5.41, 5.74) is -1.07. The molecule has 3 heterocycles. The Kier molecular flexibility index (Phi) is 5.86. The molecule has 8 nitrogen and oxygen atoms in total. The number of aliphatic hydroxyl groups excluding tert-OH is 1. The zero-order chi connectivity index (χ0) is 25.0. The fourth-order valence-electron chi connectivity index (χ4n) is 6.29. The molecule has 0 aromatic heterocycles. The summed E-state index contributed by atoms with van der Waals surface area (Å²) in [6.45, 7) is 3.47. The van der Waals surface area contributed by atoms with Crippen LogP contribution in [0, 0.1) is 17.8 Å². The number of anilines is 2. The van der Waals surface area contributed by atoms with Crippen LogP contribution in [0.3, 0.4) is 0 Å². The van der Waals surface area contributed by atoms with Crippen molar-refractivity contribution >= 4 is 40.7 Å². The Labute approximate surface area is 208 Å². The summed E-state index contributed by atoms with van der Waals surface area (Å²) in [5.74, 6) is -2.85. The summed E-state index contributed by atoms with van der Waals surface area (Å²) in [6, 6.07) is 14.9. The molecule has 3 amide bonds. The molecule has 3 unspecified atom stereocenters. The van der Waals surface area contributed by atoms with E-state index in [0.29, 0.717) is 22.8 Å². The van der Waals surface area contributed by atoms with E-state index < -0.39 is 35.0 Å². The number of carbonyl (C=O) groups excluding carboxylic acids is 3. The van der Waals surface area contributed by atoms with Crippen LogP contribution < -0.4 is 10.6 Å². The molecule has 3 fully saturated rings. The van der Waals surface area contributed by atoms with Gasteiger partial charge < -0.3 is 25.4 Å². The fraction of sp³-hybridized carbons (Fsp3) is 0.423. The summed E-state index contributed by atoms with van der Waals surface area (Å²) >= 11 is 6.26. The van der Waals surface area contributed by atoms with Crippen LogP contribution in [-0.4, -0.2) is 58.1 Å². The van der Waals surface area contributed by atoms with Crippen molar-refractivity contribution in [1.82, 2.24) is 4.90 Å². The molecule has 0 radical (unpaired) electrons. The van der Waals surface area contributed by atoms with E-state index in [-0.39, 0.29) is 30.9 Å². The van der Waals surface area contributed by atoms with E-state index in [9.17, 15) is 19.5 Å². The first kappa shape index (κ1) is 23.8. The molecular formula is C26H28ClN3O5. The van der Waals surface area contributed by atoms with Crippen LogP contribution in [0.1, 0.15) is 20.3 Å². The molecule has 0 saturated carbocycles. The van der Waals surface area contributed by atoms with Crippen molar-refractivity contribution in [1.29, 1.82) is 0 Å². The number of nitrogens with zero attached hydrogens (tertiary/aromatic N) is 1. The standard InChI is InChI=1S/C26H28ClN3O5/c1-15-14-26-20(19(25(15,2)35-26)22(32)28-16-8-4-3-5-9-16)24(34)30(12-13-31)21(26)23(33)29-18-11-7-6-10-17(18)27/h3-11,15,19-21,31H,12-14H2,1-2H3,(H,28,32)(H,29,33)/t15?,19-,20+,21?,25+,26?/m1/s1. The third-order valence-corrected chi connectivity index (χ3v) is 8.19. The lowest BCUT2D eigenvalue weighted by atomic mass is 9.62. The number of nitrogens with one attached hydrogen (secondary N) is 2. The van der Waals surface area contributed by atoms with Gasteiger partial charge in [0.05, 0.1) is 34.8 Å². The maximum Gasteiger partial charge on any atom is 0.250 e. The van der Waals surface area contributed by atoms with Crippen molar-refractivity contribution < 1.29 is 24.2 Å². The number of halogens is 1. The second-order valence-electron chi connectivity index (χ2n) is 9.78. The summed E-state index contributed by atoms with van der Waals surface area (Å²) in [6.07, 6.45) is 0.442. The average molecular weight is 498 g/mol. The third-order valence-electron chi connectivity index (χ3n) is 7.86. The molecule has 2 bridgehead atoms. The van der Waals surface area contributed by atoms with E-state index in [1.165, 1.54) is 4.90 Å². The number of benzene rings is 2. The molecular weight excluding hydrogens is 470 g/mol. The molecule has 6 atom stereocenters.